The van der Waals surface area contributed by atoms with Crippen molar-refractivity contribution in [3.8, 4) is 5.75 Å². The number of aromatic hydroxyl groups is 1. The minimum atomic E-state index is -3.67. The summed E-state index contributed by atoms with van der Waals surface area (Å²) in [7, 11) is -3.67. The highest BCUT2D eigenvalue weighted by atomic mass is 32.2. The summed E-state index contributed by atoms with van der Waals surface area (Å²) in [5, 5.41) is 10.0. The highest BCUT2D eigenvalue weighted by Gasteiger charge is 2.26. The fourth-order valence-electron chi connectivity index (χ4n) is 2.74. The first-order valence-electron chi connectivity index (χ1n) is 7.00. The SMILES string of the molecule is O=C1CCCc2c1ccc(O)c2CS(=O)(=O)c1ccccn1. The third kappa shape index (κ3) is 2.62. The van der Waals surface area contributed by atoms with Crippen LogP contribution in [-0.2, 0) is 22.0 Å². The summed E-state index contributed by atoms with van der Waals surface area (Å²) in [6.45, 7) is 0. The Kier molecular flexibility index (Phi) is 3.70. The first-order chi connectivity index (χ1) is 10.5. The number of nitrogens with zero attached hydrogens (tertiary/aromatic N) is 1. The Hall–Kier alpha value is -2.21. The lowest BCUT2D eigenvalue weighted by atomic mass is 9.87. The van der Waals surface area contributed by atoms with E-state index in [1.807, 2.05) is 0 Å². The summed E-state index contributed by atoms with van der Waals surface area (Å²) in [6, 6.07) is 7.63. The predicted molar refractivity (Wildman–Crippen MR) is 80.5 cm³/mol. The molecule has 114 valence electrons. The molecule has 0 amide bonds. The number of carbonyl (C=O) groups is 1. The molecule has 1 aromatic carbocycles. The van der Waals surface area contributed by atoms with E-state index in [9.17, 15) is 18.3 Å². The van der Waals surface area contributed by atoms with Gasteiger partial charge in [-0.3, -0.25) is 4.79 Å². The molecule has 0 aliphatic heterocycles. The number of sulfone groups is 1. The number of hydrogen-bond acceptors (Lipinski definition) is 5. The van der Waals surface area contributed by atoms with Gasteiger partial charge in [0.15, 0.2) is 20.6 Å². The third-order valence-electron chi connectivity index (χ3n) is 3.83. The molecule has 1 aliphatic rings. The lowest BCUT2D eigenvalue weighted by Crippen LogP contribution is -2.16. The number of phenols is 1. The van der Waals surface area contributed by atoms with E-state index in [4.69, 9.17) is 0 Å². The summed E-state index contributed by atoms with van der Waals surface area (Å²) in [5.74, 6) is -0.447. The average molecular weight is 317 g/mol. The second-order valence-corrected chi connectivity index (χ2v) is 7.23. The Morgan fingerprint density at radius 2 is 1.95 bits per heavy atom. The molecule has 1 aromatic heterocycles. The van der Waals surface area contributed by atoms with Crippen LogP contribution in [0.5, 0.6) is 5.75 Å². The van der Waals surface area contributed by atoms with Crippen LogP contribution >= 0.6 is 0 Å². The Labute approximate surface area is 128 Å². The van der Waals surface area contributed by atoms with Crippen LogP contribution in [-0.4, -0.2) is 24.3 Å². The van der Waals surface area contributed by atoms with Gasteiger partial charge in [-0.1, -0.05) is 6.07 Å². The number of carbonyl (C=O) groups excluding carboxylic acids is 1. The fourth-order valence-corrected chi connectivity index (χ4v) is 4.10. The maximum absolute atomic E-state index is 12.5. The summed E-state index contributed by atoms with van der Waals surface area (Å²) < 4.78 is 24.9. The molecule has 0 spiro atoms. The van der Waals surface area contributed by atoms with Gasteiger partial charge in [-0.2, -0.15) is 0 Å². The highest BCUT2D eigenvalue weighted by Crippen LogP contribution is 2.32. The first-order valence-corrected chi connectivity index (χ1v) is 8.65. The standard InChI is InChI=1S/C16H15NO4S/c18-14-5-3-4-11-12(14)7-8-15(19)13(11)10-22(20,21)16-6-1-2-9-17-16/h1-2,6-9,19H,3-5,10H2. The zero-order valence-electron chi connectivity index (χ0n) is 11.8. The Bertz CT molecular complexity index is 829. The van der Waals surface area contributed by atoms with Crippen molar-refractivity contribution < 1.29 is 18.3 Å². The smallest absolute Gasteiger partial charge is 0.199 e. The Morgan fingerprint density at radius 1 is 1.14 bits per heavy atom. The highest BCUT2D eigenvalue weighted by molar-refractivity contribution is 7.90. The lowest BCUT2D eigenvalue weighted by molar-refractivity contribution is 0.0972. The molecular formula is C16H15NO4S. The van der Waals surface area contributed by atoms with Gasteiger partial charge < -0.3 is 5.11 Å². The molecule has 5 nitrogen and oxygen atoms in total. The molecule has 1 aliphatic carbocycles. The summed E-state index contributed by atoms with van der Waals surface area (Å²) in [6.07, 6.45) is 3.15. The monoisotopic (exact) mass is 317 g/mol. The van der Waals surface area contributed by atoms with Gasteiger partial charge in [-0.15, -0.1) is 0 Å². The molecule has 2 aromatic rings. The molecule has 0 radical (unpaired) electrons. The molecule has 0 bridgehead atoms. The van der Waals surface area contributed by atoms with Crippen LogP contribution in [0, 0.1) is 0 Å². The van der Waals surface area contributed by atoms with E-state index in [1.54, 1.807) is 18.2 Å². The number of fused-ring (bicyclic) bond motifs is 1. The molecule has 3 rings (SSSR count). The second kappa shape index (κ2) is 5.53. The van der Waals surface area contributed by atoms with Gasteiger partial charge >= 0.3 is 0 Å². The molecular weight excluding hydrogens is 302 g/mol. The number of pyridine rings is 1. The topological polar surface area (TPSA) is 84.3 Å². The molecule has 0 atom stereocenters. The number of ketones is 1. The van der Waals surface area contributed by atoms with Crippen LogP contribution in [0.2, 0.25) is 0 Å². The maximum atomic E-state index is 12.5. The lowest BCUT2D eigenvalue weighted by Gasteiger charge is -2.19. The van der Waals surface area contributed by atoms with E-state index in [0.717, 1.165) is 0 Å². The van der Waals surface area contributed by atoms with Crippen LogP contribution < -0.4 is 0 Å². The van der Waals surface area contributed by atoms with E-state index >= 15 is 0 Å². The molecule has 0 saturated carbocycles. The summed E-state index contributed by atoms with van der Waals surface area (Å²) >= 11 is 0. The van der Waals surface area contributed by atoms with Crippen molar-refractivity contribution in [2.75, 3.05) is 0 Å². The van der Waals surface area contributed by atoms with Gasteiger partial charge in [0.1, 0.15) is 5.75 Å². The number of phenolic OH excluding ortho intramolecular Hbond substituents is 1. The van der Waals surface area contributed by atoms with Gasteiger partial charge in [0.25, 0.3) is 0 Å². The average Bonchev–Trinajstić information content (AvgIpc) is 2.51. The summed E-state index contributed by atoms with van der Waals surface area (Å²) in [5.41, 5.74) is 1.49. The molecule has 1 N–H and O–H groups in total. The normalized spacial score (nSPS) is 14.6. The van der Waals surface area contributed by atoms with E-state index in [0.29, 0.717) is 36.0 Å². The van der Waals surface area contributed by atoms with Gasteiger partial charge in [0.2, 0.25) is 0 Å². The molecule has 22 heavy (non-hydrogen) atoms. The minimum Gasteiger partial charge on any atom is -0.508 e. The van der Waals surface area contributed by atoms with E-state index in [1.165, 1.54) is 18.3 Å². The maximum Gasteiger partial charge on any atom is 0.199 e. The van der Waals surface area contributed by atoms with Crippen LogP contribution in [0.25, 0.3) is 0 Å². The van der Waals surface area contributed by atoms with Crippen LogP contribution in [0.3, 0.4) is 0 Å². The van der Waals surface area contributed by atoms with Gasteiger partial charge in [0.05, 0.1) is 5.75 Å². The zero-order valence-corrected chi connectivity index (χ0v) is 12.6. The van der Waals surface area contributed by atoms with Crippen LogP contribution in [0.1, 0.15) is 34.3 Å². The van der Waals surface area contributed by atoms with Crippen LogP contribution in [0.4, 0.5) is 0 Å². The van der Waals surface area contributed by atoms with E-state index in [2.05, 4.69) is 4.98 Å². The largest absolute Gasteiger partial charge is 0.508 e. The van der Waals surface area contributed by atoms with E-state index in [-0.39, 0.29) is 22.3 Å². The number of hydrogen-bond donors (Lipinski definition) is 1. The predicted octanol–water partition coefficient (Wildman–Crippen LogP) is 2.28. The fraction of sp³-hybridized carbons (Fsp3) is 0.250. The van der Waals surface area contributed by atoms with Crippen LogP contribution in [0.15, 0.2) is 41.6 Å². The number of Topliss-reactive ketones (excluding diaryl/α,β-unsaturated/α-hetero) is 1. The van der Waals surface area contributed by atoms with Crippen molar-refractivity contribution in [3.05, 3.63) is 53.2 Å². The van der Waals surface area contributed by atoms with Crippen molar-refractivity contribution in [3.63, 3.8) is 0 Å². The second-order valence-electron chi connectivity index (χ2n) is 5.29. The Morgan fingerprint density at radius 3 is 2.68 bits per heavy atom. The third-order valence-corrected chi connectivity index (χ3v) is 5.38. The number of aromatic nitrogens is 1. The summed E-state index contributed by atoms with van der Waals surface area (Å²) in [4.78, 5) is 15.8. The number of rotatable bonds is 3. The zero-order chi connectivity index (χ0) is 15.7. The number of benzene rings is 1. The van der Waals surface area contributed by atoms with Crippen molar-refractivity contribution >= 4 is 15.6 Å². The van der Waals surface area contributed by atoms with Crippen molar-refractivity contribution in [2.24, 2.45) is 0 Å². The molecule has 0 saturated heterocycles. The quantitative estimate of drug-likeness (QED) is 0.939. The molecule has 0 unspecified atom stereocenters. The van der Waals surface area contributed by atoms with E-state index < -0.39 is 9.84 Å². The van der Waals surface area contributed by atoms with Crippen molar-refractivity contribution in [1.29, 1.82) is 0 Å². The van der Waals surface area contributed by atoms with Gasteiger partial charge in [-0.25, -0.2) is 13.4 Å². The van der Waals surface area contributed by atoms with Gasteiger partial charge in [0, 0.05) is 23.7 Å². The minimum absolute atomic E-state index is 0.00210. The molecule has 6 heteroatoms. The Balaban J connectivity index is 2.06. The molecule has 1 heterocycles. The van der Waals surface area contributed by atoms with Crippen molar-refractivity contribution in [2.45, 2.75) is 30.0 Å². The van der Waals surface area contributed by atoms with Gasteiger partial charge in [-0.05, 0) is 42.7 Å². The first kappa shape index (κ1) is 14.7. The van der Waals surface area contributed by atoms with Crippen molar-refractivity contribution in [1.82, 2.24) is 4.98 Å². The molecule has 0 fully saturated rings.